The molecule has 1 fully saturated rings. The standard InChI is InChI=1S/C24H26ClN3O3/c1-26-14-12-17(13-15-26)27(2)22-21(19-6-4-5-7-20(19)31-3)23(29)28(24(22)30)18-10-8-16(25)9-11-18/h4-11,17H,12-15H2,1-3H3. The van der Waals surface area contributed by atoms with E-state index in [9.17, 15) is 9.59 Å². The first-order valence-corrected chi connectivity index (χ1v) is 10.7. The molecule has 31 heavy (non-hydrogen) atoms. The molecule has 2 aromatic rings. The molecule has 2 aliphatic rings. The molecule has 2 heterocycles. The van der Waals surface area contributed by atoms with Crippen LogP contribution < -0.4 is 9.64 Å². The third kappa shape index (κ3) is 3.93. The molecule has 2 amide bonds. The van der Waals surface area contributed by atoms with Gasteiger partial charge in [0.1, 0.15) is 11.4 Å². The molecule has 0 bridgehead atoms. The van der Waals surface area contributed by atoms with Gasteiger partial charge in [-0.05, 0) is 63.3 Å². The van der Waals surface area contributed by atoms with Crippen LogP contribution in [0.5, 0.6) is 5.75 Å². The zero-order valence-electron chi connectivity index (χ0n) is 18.0. The molecule has 0 aliphatic carbocycles. The lowest BCUT2D eigenvalue weighted by Crippen LogP contribution is -2.43. The summed E-state index contributed by atoms with van der Waals surface area (Å²) in [5, 5.41) is 0.546. The van der Waals surface area contributed by atoms with Crippen molar-refractivity contribution in [3.63, 3.8) is 0 Å². The molecule has 0 radical (unpaired) electrons. The topological polar surface area (TPSA) is 53.1 Å². The summed E-state index contributed by atoms with van der Waals surface area (Å²) < 4.78 is 5.53. The Labute approximate surface area is 187 Å². The second kappa shape index (κ2) is 8.73. The van der Waals surface area contributed by atoms with E-state index in [0.717, 1.165) is 25.9 Å². The highest BCUT2D eigenvalue weighted by Gasteiger charge is 2.44. The SMILES string of the molecule is COc1ccccc1C1=C(N(C)C2CCN(C)CC2)C(=O)N(c2ccc(Cl)cc2)C1=O. The van der Waals surface area contributed by atoms with E-state index in [0.29, 0.717) is 33.3 Å². The van der Waals surface area contributed by atoms with E-state index in [1.54, 1.807) is 37.4 Å². The quantitative estimate of drug-likeness (QED) is 0.665. The summed E-state index contributed by atoms with van der Waals surface area (Å²) in [6, 6.07) is 14.2. The van der Waals surface area contributed by atoms with Crippen LogP contribution in [-0.2, 0) is 9.59 Å². The predicted molar refractivity (Wildman–Crippen MR) is 122 cm³/mol. The molecular formula is C24H26ClN3O3. The van der Waals surface area contributed by atoms with Crippen LogP contribution in [0.3, 0.4) is 0 Å². The number of likely N-dealkylation sites (tertiary alicyclic amines) is 1. The number of halogens is 1. The van der Waals surface area contributed by atoms with E-state index >= 15 is 0 Å². The minimum atomic E-state index is -0.355. The fourth-order valence-corrected chi connectivity index (χ4v) is 4.45. The van der Waals surface area contributed by atoms with Crippen molar-refractivity contribution in [2.24, 2.45) is 0 Å². The molecule has 1 saturated heterocycles. The summed E-state index contributed by atoms with van der Waals surface area (Å²) in [5.74, 6) is -0.118. The van der Waals surface area contributed by atoms with Crippen LogP contribution in [0.4, 0.5) is 5.69 Å². The van der Waals surface area contributed by atoms with Crippen molar-refractivity contribution in [2.75, 3.05) is 39.2 Å². The van der Waals surface area contributed by atoms with Crippen molar-refractivity contribution >= 4 is 34.7 Å². The summed E-state index contributed by atoms with van der Waals surface area (Å²) >= 11 is 6.02. The van der Waals surface area contributed by atoms with Crippen molar-refractivity contribution in [3.8, 4) is 5.75 Å². The van der Waals surface area contributed by atoms with Crippen molar-refractivity contribution in [1.29, 1.82) is 0 Å². The number of para-hydroxylation sites is 1. The van der Waals surface area contributed by atoms with Gasteiger partial charge in [0.25, 0.3) is 11.8 Å². The Kier molecular flexibility index (Phi) is 6.03. The van der Waals surface area contributed by atoms with Crippen LogP contribution in [0.25, 0.3) is 5.57 Å². The number of benzene rings is 2. The van der Waals surface area contributed by atoms with Gasteiger partial charge in [0.05, 0.1) is 18.4 Å². The maximum absolute atomic E-state index is 13.7. The van der Waals surface area contributed by atoms with Crippen LogP contribution >= 0.6 is 11.6 Å². The van der Waals surface area contributed by atoms with E-state index in [4.69, 9.17) is 16.3 Å². The Morgan fingerprint density at radius 3 is 2.29 bits per heavy atom. The number of piperidine rings is 1. The predicted octanol–water partition coefficient (Wildman–Crippen LogP) is 3.66. The molecule has 0 atom stereocenters. The van der Waals surface area contributed by atoms with Crippen LogP contribution in [0, 0.1) is 0 Å². The molecule has 4 rings (SSSR count). The van der Waals surface area contributed by atoms with Gasteiger partial charge >= 0.3 is 0 Å². The lowest BCUT2D eigenvalue weighted by Gasteiger charge is -2.36. The lowest BCUT2D eigenvalue weighted by molar-refractivity contribution is -0.120. The van der Waals surface area contributed by atoms with Gasteiger partial charge in [0.2, 0.25) is 0 Å². The van der Waals surface area contributed by atoms with Gasteiger partial charge < -0.3 is 14.5 Å². The molecule has 0 spiro atoms. The minimum Gasteiger partial charge on any atom is -0.496 e. The molecule has 0 N–H and O–H groups in total. The Morgan fingerprint density at radius 1 is 1.00 bits per heavy atom. The number of amides is 2. The number of rotatable bonds is 5. The number of ether oxygens (including phenoxy) is 1. The second-order valence-electron chi connectivity index (χ2n) is 7.99. The molecule has 2 aliphatic heterocycles. The minimum absolute atomic E-state index is 0.179. The monoisotopic (exact) mass is 439 g/mol. The van der Waals surface area contributed by atoms with E-state index in [2.05, 4.69) is 11.9 Å². The summed E-state index contributed by atoms with van der Waals surface area (Å²) in [5.41, 5.74) is 1.91. The summed E-state index contributed by atoms with van der Waals surface area (Å²) in [6.07, 6.45) is 1.86. The second-order valence-corrected chi connectivity index (χ2v) is 8.43. The van der Waals surface area contributed by atoms with Gasteiger partial charge in [-0.2, -0.15) is 0 Å². The number of methoxy groups -OCH3 is 1. The summed E-state index contributed by atoms with van der Waals surface area (Å²) in [6.45, 7) is 1.91. The molecule has 0 saturated carbocycles. The lowest BCUT2D eigenvalue weighted by atomic mass is 9.99. The molecule has 7 heteroatoms. The number of hydrogen-bond donors (Lipinski definition) is 0. The smallest absolute Gasteiger partial charge is 0.282 e. The largest absolute Gasteiger partial charge is 0.496 e. The van der Waals surface area contributed by atoms with Crippen molar-refractivity contribution in [2.45, 2.75) is 18.9 Å². The first-order chi connectivity index (χ1) is 14.9. The molecule has 0 unspecified atom stereocenters. The zero-order chi connectivity index (χ0) is 22.1. The molecule has 6 nitrogen and oxygen atoms in total. The zero-order valence-corrected chi connectivity index (χ0v) is 18.7. The van der Waals surface area contributed by atoms with Crippen LogP contribution in [-0.4, -0.2) is 62.0 Å². The van der Waals surface area contributed by atoms with Gasteiger partial charge in [-0.25, -0.2) is 4.90 Å². The average Bonchev–Trinajstić information content (AvgIpc) is 3.04. The Balaban J connectivity index is 1.82. The number of anilines is 1. The van der Waals surface area contributed by atoms with Crippen molar-refractivity contribution < 1.29 is 14.3 Å². The highest BCUT2D eigenvalue weighted by atomic mass is 35.5. The van der Waals surface area contributed by atoms with Crippen LogP contribution in [0.15, 0.2) is 54.2 Å². The van der Waals surface area contributed by atoms with Gasteiger partial charge in [-0.15, -0.1) is 0 Å². The third-order valence-corrected chi connectivity index (χ3v) is 6.36. The maximum Gasteiger partial charge on any atom is 0.282 e. The van der Waals surface area contributed by atoms with Gasteiger partial charge in [0, 0.05) is 23.7 Å². The number of carbonyl (C=O) groups excluding carboxylic acids is 2. The summed E-state index contributed by atoms with van der Waals surface area (Å²) in [4.78, 5) is 32.8. The van der Waals surface area contributed by atoms with Crippen LogP contribution in [0.2, 0.25) is 5.02 Å². The normalized spacial score (nSPS) is 18.1. The first kappa shape index (κ1) is 21.4. The fraction of sp³-hybridized carbons (Fsp3) is 0.333. The molecule has 0 aromatic heterocycles. The number of likely N-dealkylation sites (N-methyl/N-ethyl adjacent to an activating group) is 1. The number of carbonyl (C=O) groups is 2. The third-order valence-electron chi connectivity index (χ3n) is 6.11. The Hall–Kier alpha value is -2.83. The highest BCUT2D eigenvalue weighted by molar-refractivity contribution is 6.45. The average molecular weight is 440 g/mol. The molecule has 162 valence electrons. The number of nitrogens with zero attached hydrogens (tertiary/aromatic N) is 3. The van der Waals surface area contributed by atoms with E-state index in [-0.39, 0.29) is 17.9 Å². The van der Waals surface area contributed by atoms with Crippen molar-refractivity contribution in [3.05, 3.63) is 64.8 Å². The van der Waals surface area contributed by atoms with Crippen molar-refractivity contribution in [1.82, 2.24) is 9.80 Å². The Morgan fingerprint density at radius 2 is 1.65 bits per heavy atom. The maximum atomic E-state index is 13.7. The van der Waals surface area contributed by atoms with E-state index in [1.165, 1.54) is 4.90 Å². The van der Waals surface area contributed by atoms with Gasteiger partial charge in [0.15, 0.2) is 0 Å². The van der Waals surface area contributed by atoms with Crippen LogP contribution in [0.1, 0.15) is 18.4 Å². The van der Waals surface area contributed by atoms with E-state index < -0.39 is 0 Å². The number of hydrogen-bond acceptors (Lipinski definition) is 5. The van der Waals surface area contributed by atoms with Gasteiger partial charge in [-0.1, -0.05) is 29.8 Å². The molecular weight excluding hydrogens is 414 g/mol. The highest BCUT2D eigenvalue weighted by Crippen LogP contribution is 2.39. The summed E-state index contributed by atoms with van der Waals surface area (Å²) in [7, 11) is 5.58. The Bertz CT molecular complexity index is 1030. The first-order valence-electron chi connectivity index (χ1n) is 10.4. The van der Waals surface area contributed by atoms with Gasteiger partial charge in [-0.3, -0.25) is 9.59 Å². The molecule has 2 aromatic carbocycles. The van der Waals surface area contributed by atoms with E-state index in [1.807, 2.05) is 30.1 Å². The fourth-order valence-electron chi connectivity index (χ4n) is 4.33. The number of imide groups is 1.